The number of primary amides is 1. The summed E-state index contributed by atoms with van der Waals surface area (Å²) in [6, 6.07) is 2.68. The first kappa shape index (κ1) is 24.9. The molecule has 0 radical (unpaired) electrons. The highest BCUT2D eigenvalue weighted by Gasteiger charge is 2.28. The Morgan fingerprint density at radius 1 is 1.22 bits per heavy atom. The molecule has 4 heterocycles. The van der Waals surface area contributed by atoms with Crippen molar-refractivity contribution in [3.8, 4) is 0 Å². The summed E-state index contributed by atoms with van der Waals surface area (Å²) >= 11 is 1.51. The van der Waals surface area contributed by atoms with Crippen LogP contribution in [0.1, 0.15) is 49.0 Å². The summed E-state index contributed by atoms with van der Waals surface area (Å²) in [5.41, 5.74) is 6.14. The highest BCUT2D eigenvalue weighted by atomic mass is 32.1. The van der Waals surface area contributed by atoms with E-state index in [4.69, 9.17) is 10.5 Å². The van der Waals surface area contributed by atoms with Gasteiger partial charge < -0.3 is 15.8 Å². The van der Waals surface area contributed by atoms with Crippen molar-refractivity contribution in [3.05, 3.63) is 33.1 Å². The zero-order chi connectivity index (χ0) is 25.1. The number of hydrogen-bond donors (Lipinski definition) is 3. The smallest absolute Gasteiger partial charge is 0.261 e. The van der Waals surface area contributed by atoms with E-state index in [9.17, 15) is 9.59 Å². The number of nitrogens with two attached hydrogens (primary N) is 1. The number of nitrogens with zero attached hydrogens (tertiary/aromatic N) is 4. The molecular weight excluding hydrogens is 478 g/mol. The van der Waals surface area contributed by atoms with Crippen LogP contribution >= 0.6 is 11.3 Å². The number of morpholine rings is 1. The van der Waals surface area contributed by atoms with Crippen molar-refractivity contribution in [3.63, 3.8) is 0 Å². The number of amides is 1. The molecule has 0 aromatic carbocycles. The first-order valence-corrected chi connectivity index (χ1v) is 13.7. The van der Waals surface area contributed by atoms with E-state index in [1.807, 2.05) is 7.05 Å². The number of aromatic amines is 1. The summed E-state index contributed by atoms with van der Waals surface area (Å²) in [4.78, 5) is 35.7. The lowest BCUT2D eigenvalue weighted by atomic mass is 9.87. The second-order valence-corrected chi connectivity index (χ2v) is 11.0. The third-order valence-corrected chi connectivity index (χ3v) is 8.60. The van der Waals surface area contributed by atoms with Gasteiger partial charge >= 0.3 is 0 Å². The summed E-state index contributed by atoms with van der Waals surface area (Å²) in [5, 5.41) is 7.78. The number of nitrogens with one attached hydrogen (secondary N) is 2. The maximum absolute atomic E-state index is 12.5. The van der Waals surface area contributed by atoms with Gasteiger partial charge in [-0.2, -0.15) is 5.10 Å². The van der Waals surface area contributed by atoms with Crippen LogP contribution in [0.3, 0.4) is 0 Å². The Kier molecular flexibility index (Phi) is 7.68. The van der Waals surface area contributed by atoms with E-state index in [2.05, 4.69) is 25.3 Å². The zero-order valence-electron chi connectivity index (χ0n) is 20.8. The molecule has 4 N–H and O–H groups in total. The Morgan fingerprint density at radius 3 is 2.69 bits per heavy atom. The van der Waals surface area contributed by atoms with Crippen molar-refractivity contribution < 1.29 is 9.53 Å². The molecule has 1 aliphatic heterocycles. The number of aromatic nitrogens is 4. The number of carbonyl (C=O) groups excluding carboxylic acids is 1. The van der Waals surface area contributed by atoms with Crippen LogP contribution in [0.4, 0.5) is 11.8 Å². The Morgan fingerprint density at radius 2 is 2.00 bits per heavy atom. The fourth-order valence-corrected chi connectivity index (χ4v) is 6.69. The first-order chi connectivity index (χ1) is 17.5. The highest BCUT2D eigenvalue weighted by molar-refractivity contribution is 7.18. The summed E-state index contributed by atoms with van der Waals surface area (Å²) in [6.45, 7) is 4.25. The van der Waals surface area contributed by atoms with Gasteiger partial charge in [-0.05, 0) is 37.7 Å². The molecule has 1 saturated heterocycles. The standard InChI is InChI=1S/C15H16N6O2S.C10H19NO/c1-21-5-4-10(20-21)17-15-18-13(23)11-8-6-7(12(16)22)2-3-9(8)24-14(11)19-15;1-2-4-10(5-3-1)11-6-8-12-9-7-11/h4-5,7H,2-3,6H2,1H3,(H2,16,22)(H2,17,18,19,20,23);10H,1-9H2. The van der Waals surface area contributed by atoms with Gasteiger partial charge in [0.2, 0.25) is 11.9 Å². The quantitative estimate of drug-likeness (QED) is 0.489. The molecule has 11 heteroatoms. The summed E-state index contributed by atoms with van der Waals surface area (Å²) in [6.07, 6.45) is 11.0. The maximum atomic E-state index is 12.5. The molecule has 6 rings (SSSR count). The molecule has 1 amide bonds. The number of hydrogen-bond acceptors (Lipinski definition) is 8. The van der Waals surface area contributed by atoms with Gasteiger partial charge in [0.05, 0.1) is 18.6 Å². The molecule has 1 unspecified atom stereocenters. The normalized spacial score (nSPS) is 21.0. The predicted octanol–water partition coefficient (Wildman–Crippen LogP) is 2.70. The Bertz CT molecular complexity index is 1240. The predicted molar refractivity (Wildman–Crippen MR) is 141 cm³/mol. The molecule has 1 atom stereocenters. The average molecular weight is 514 g/mol. The molecule has 10 nitrogen and oxygen atoms in total. The number of fused-ring (bicyclic) bond motifs is 3. The second-order valence-electron chi connectivity index (χ2n) is 9.88. The molecule has 36 heavy (non-hydrogen) atoms. The van der Waals surface area contributed by atoms with Gasteiger partial charge in [-0.15, -0.1) is 11.3 Å². The number of H-pyrrole nitrogens is 1. The van der Waals surface area contributed by atoms with Crippen LogP contribution in [0.15, 0.2) is 17.1 Å². The largest absolute Gasteiger partial charge is 0.379 e. The van der Waals surface area contributed by atoms with Gasteiger partial charge in [0, 0.05) is 49.2 Å². The molecule has 2 aliphatic carbocycles. The fraction of sp³-hybridized carbons (Fsp3) is 0.600. The van der Waals surface area contributed by atoms with Crippen molar-refractivity contribution in [2.75, 3.05) is 31.6 Å². The van der Waals surface area contributed by atoms with Crippen molar-refractivity contribution in [1.82, 2.24) is 24.6 Å². The van der Waals surface area contributed by atoms with Gasteiger partial charge in [0.1, 0.15) is 4.83 Å². The Hall–Kier alpha value is -2.76. The van der Waals surface area contributed by atoms with Crippen molar-refractivity contribution in [2.45, 2.75) is 57.4 Å². The summed E-state index contributed by atoms with van der Waals surface area (Å²) < 4.78 is 7.01. The third kappa shape index (κ3) is 5.63. The minimum Gasteiger partial charge on any atom is -0.379 e. The van der Waals surface area contributed by atoms with Gasteiger partial charge in [-0.1, -0.05) is 19.3 Å². The highest BCUT2D eigenvalue weighted by Crippen LogP contribution is 2.36. The lowest BCUT2D eigenvalue weighted by Crippen LogP contribution is -2.44. The maximum Gasteiger partial charge on any atom is 0.261 e. The molecule has 194 valence electrons. The van der Waals surface area contributed by atoms with E-state index in [1.165, 1.54) is 56.5 Å². The van der Waals surface area contributed by atoms with Crippen LogP contribution in [0.5, 0.6) is 0 Å². The van der Waals surface area contributed by atoms with E-state index in [-0.39, 0.29) is 17.4 Å². The van der Waals surface area contributed by atoms with Crippen LogP contribution < -0.4 is 16.6 Å². The minimum absolute atomic E-state index is 0.207. The molecule has 3 aromatic heterocycles. The number of carbonyl (C=O) groups is 1. The zero-order valence-corrected chi connectivity index (χ0v) is 21.6. The molecule has 0 bridgehead atoms. The van der Waals surface area contributed by atoms with Crippen LogP contribution in [-0.4, -0.2) is 62.9 Å². The van der Waals surface area contributed by atoms with Crippen LogP contribution in [0.25, 0.3) is 10.2 Å². The molecule has 1 saturated carbocycles. The monoisotopic (exact) mass is 513 g/mol. The summed E-state index contributed by atoms with van der Waals surface area (Å²) in [7, 11) is 1.81. The van der Waals surface area contributed by atoms with Crippen LogP contribution in [-0.2, 0) is 29.4 Å². The van der Waals surface area contributed by atoms with E-state index >= 15 is 0 Å². The fourth-order valence-electron chi connectivity index (χ4n) is 5.48. The lowest BCUT2D eigenvalue weighted by molar-refractivity contribution is -0.122. The SMILES string of the molecule is C1CCC(N2CCOCC2)CC1.Cn1ccc(Nc2nc3sc4c(c3c(=O)[nH]2)CC(C(N)=O)CC4)n1. The molecule has 2 fully saturated rings. The van der Waals surface area contributed by atoms with Gasteiger partial charge in [0.15, 0.2) is 5.82 Å². The van der Waals surface area contributed by atoms with Crippen molar-refractivity contribution in [1.29, 1.82) is 0 Å². The third-order valence-electron chi connectivity index (χ3n) is 7.41. The molecule has 0 spiro atoms. The van der Waals surface area contributed by atoms with Gasteiger partial charge in [0.25, 0.3) is 5.56 Å². The van der Waals surface area contributed by atoms with Gasteiger partial charge in [-0.3, -0.25) is 24.2 Å². The van der Waals surface area contributed by atoms with E-state index in [0.717, 1.165) is 42.5 Å². The van der Waals surface area contributed by atoms with Crippen molar-refractivity contribution in [2.24, 2.45) is 18.7 Å². The number of rotatable bonds is 4. The van der Waals surface area contributed by atoms with Crippen LogP contribution in [0, 0.1) is 5.92 Å². The number of aryl methyl sites for hydroxylation is 2. The van der Waals surface area contributed by atoms with Crippen molar-refractivity contribution >= 4 is 39.2 Å². The number of ether oxygens (including phenoxy) is 1. The average Bonchev–Trinajstić information content (AvgIpc) is 3.47. The topological polar surface area (TPSA) is 131 Å². The van der Waals surface area contributed by atoms with Crippen LogP contribution in [0.2, 0.25) is 0 Å². The first-order valence-electron chi connectivity index (χ1n) is 12.9. The Balaban J connectivity index is 0.000000186. The van der Waals surface area contributed by atoms with Gasteiger partial charge in [-0.25, -0.2) is 4.98 Å². The second kappa shape index (κ2) is 11.1. The van der Waals surface area contributed by atoms with E-state index in [1.54, 1.807) is 16.9 Å². The van der Waals surface area contributed by atoms with E-state index < -0.39 is 0 Å². The summed E-state index contributed by atoms with van der Waals surface area (Å²) in [5.74, 6) is 0.449. The number of thiophene rings is 1. The lowest BCUT2D eigenvalue weighted by Gasteiger charge is -2.36. The molecule has 3 aromatic rings. The van der Waals surface area contributed by atoms with E-state index in [0.29, 0.717) is 28.4 Å². The minimum atomic E-state index is -0.308. The molecule has 3 aliphatic rings. The molecular formula is C25H35N7O3S. The number of anilines is 2. The Labute approximate surface area is 214 Å².